The van der Waals surface area contributed by atoms with E-state index < -0.39 is 38.0 Å². The molecule has 2 aromatic heterocycles. The molecule has 2 heterocycles. The predicted molar refractivity (Wildman–Crippen MR) is 143 cm³/mol. The van der Waals surface area contributed by atoms with E-state index in [1.54, 1.807) is 49.6 Å². The van der Waals surface area contributed by atoms with E-state index in [1.807, 2.05) is 19.9 Å². The Kier molecular flexibility index (Phi) is 8.06. The molecule has 0 saturated carbocycles. The number of hydrogen-bond acceptors (Lipinski definition) is 6. The van der Waals surface area contributed by atoms with Crippen molar-refractivity contribution in [2.75, 3.05) is 0 Å². The number of aromatic hydroxyl groups is 1. The van der Waals surface area contributed by atoms with Gasteiger partial charge in [0.15, 0.2) is 4.90 Å². The highest BCUT2D eigenvalue weighted by Gasteiger charge is 2.32. The van der Waals surface area contributed by atoms with E-state index in [0.29, 0.717) is 19.3 Å². The molecular formula is C29H30FN3O4S. The lowest BCUT2D eigenvalue weighted by molar-refractivity contribution is 0.403. The lowest BCUT2D eigenvalue weighted by atomic mass is 10.0. The van der Waals surface area contributed by atoms with Crippen molar-refractivity contribution in [3.05, 3.63) is 100 Å². The van der Waals surface area contributed by atoms with Gasteiger partial charge in [0.05, 0.1) is 10.9 Å². The molecular weight excluding hydrogens is 505 g/mol. The first kappa shape index (κ1) is 27.2. The molecule has 2 aromatic carbocycles. The van der Waals surface area contributed by atoms with Crippen LogP contribution < -0.4 is 5.56 Å². The Hall–Kier alpha value is -3.85. The molecule has 4 aromatic rings. The predicted octanol–water partition coefficient (Wildman–Crippen LogP) is 5.63. The van der Waals surface area contributed by atoms with Crippen molar-refractivity contribution < 1.29 is 17.9 Å². The lowest BCUT2D eigenvalue weighted by Crippen LogP contribution is -2.34. The number of nitrogens with zero attached hydrogens (tertiary/aromatic N) is 3. The SMILES string of the molecule is CCCCc1nc(O)c(S(=O)(=O)c2ccc(-c3ccncc3C)cc2)c(=O)n1C(CC)c1ccccc1F. The van der Waals surface area contributed by atoms with Crippen molar-refractivity contribution in [2.45, 2.75) is 62.3 Å². The summed E-state index contributed by atoms with van der Waals surface area (Å²) in [5.74, 6) is -1.14. The number of pyridine rings is 1. The molecule has 1 atom stereocenters. The van der Waals surface area contributed by atoms with Gasteiger partial charge in [-0.2, -0.15) is 4.98 Å². The topological polar surface area (TPSA) is 102 Å². The molecule has 7 nitrogen and oxygen atoms in total. The highest BCUT2D eigenvalue weighted by atomic mass is 32.2. The second-order valence-electron chi connectivity index (χ2n) is 9.12. The molecule has 1 N–H and O–H groups in total. The minimum Gasteiger partial charge on any atom is -0.492 e. The minimum absolute atomic E-state index is 0.158. The third kappa shape index (κ3) is 5.11. The molecule has 38 heavy (non-hydrogen) atoms. The van der Waals surface area contributed by atoms with E-state index >= 15 is 0 Å². The van der Waals surface area contributed by atoms with E-state index in [4.69, 9.17) is 0 Å². The zero-order valence-corrected chi connectivity index (χ0v) is 22.4. The monoisotopic (exact) mass is 535 g/mol. The highest BCUT2D eigenvalue weighted by molar-refractivity contribution is 7.91. The molecule has 0 bridgehead atoms. The Balaban J connectivity index is 1.88. The number of unbranched alkanes of at least 4 members (excludes halogenated alkanes) is 1. The Morgan fingerprint density at radius 2 is 1.76 bits per heavy atom. The fourth-order valence-corrected chi connectivity index (χ4v) is 5.98. The minimum atomic E-state index is -4.46. The first-order valence-corrected chi connectivity index (χ1v) is 14.0. The number of hydrogen-bond donors (Lipinski definition) is 1. The molecule has 1 unspecified atom stereocenters. The van der Waals surface area contributed by atoms with Crippen LogP contribution in [0.3, 0.4) is 0 Å². The van der Waals surface area contributed by atoms with Crippen LogP contribution in [0.1, 0.15) is 56.1 Å². The zero-order chi connectivity index (χ0) is 27.4. The van der Waals surface area contributed by atoms with Crippen LogP contribution in [0.15, 0.2) is 81.6 Å². The van der Waals surface area contributed by atoms with Gasteiger partial charge < -0.3 is 5.11 Å². The zero-order valence-electron chi connectivity index (χ0n) is 21.6. The van der Waals surface area contributed by atoms with Crippen LogP contribution >= 0.6 is 0 Å². The van der Waals surface area contributed by atoms with Crippen LogP contribution in [0.4, 0.5) is 4.39 Å². The van der Waals surface area contributed by atoms with Crippen LogP contribution in [0.5, 0.6) is 5.88 Å². The van der Waals surface area contributed by atoms with Crippen molar-refractivity contribution in [1.29, 1.82) is 0 Å². The number of rotatable bonds is 9. The molecule has 0 aliphatic rings. The summed E-state index contributed by atoms with van der Waals surface area (Å²) in [7, 11) is -4.46. The molecule has 0 fully saturated rings. The van der Waals surface area contributed by atoms with Crippen LogP contribution in [0.25, 0.3) is 11.1 Å². The van der Waals surface area contributed by atoms with Gasteiger partial charge in [-0.25, -0.2) is 12.8 Å². The maximum atomic E-state index is 14.8. The standard InChI is InChI=1S/C29H30FN3O4S/c1-4-6-11-26-32-28(34)27(29(35)33(26)25(5-2)23-9-7-8-10-24(23)30)38(36,37)21-14-12-20(13-15-21)22-16-17-31-18-19(22)3/h7-10,12-18,25,34H,4-6,11H2,1-3H3. The van der Waals surface area contributed by atoms with Crippen molar-refractivity contribution in [3.63, 3.8) is 0 Å². The van der Waals surface area contributed by atoms with Crippen molar-refractivity contribution >= 4 is 9.84 Å². The maximum absolute atomic E-state index is 14.8. The third-order valence-electron chi connectivity index (χ3n) is 6.61. The van der Waals surface area contributed by atoms with Crippen LogP contribution in [-0.2, 0) is 16.3 Å². The van der Waals surface area contributed by atoms with Crippen molar-refractivity contribution in [3.8, 4) is 17.0 Å². The molecule has 0 saturated heterocycles. The van der Waals surface area contributed by atoms with Gasteiger partial charge >= 0.3 is 0 Å². The molecule has 0 amide bonds. The molecule has 0 aliphatic heterocycles. The van der Waals surface area contributed by atoms with Gasteiger partial charge in [-0.15, -0.1) is 0 Å². The summed E-state index contributed by atoms with van der Waals surface area (Å²) in [5, 5.41) is 10.8. The van der Waals surface area contributed by atoms with Crippen LogP contribution in [0.2, 0.25) is 0 Å². The van der Waals surface area contributed by atoms with Crippen LogP contribution in [0, 0.1) is 12.7 Å². The number of benzene rings is 2. The average molecular weight is 536 g/mol. The van der Waals surface area contributed by atoms with E-state index in [0.717, 1.165) is 23.1 Å². The van der Waals surface area contributed by atoms with Gasteiger partial charge in [-0.1, -0.05) is 50.6 Å². The second-order valence-corrected chi connectivity index (χ2v) is 11.0. The summed E-state index contributed by atoms with van der Waals surface area (Å²) in [4.78, 5) is 21.1. The lowest BCUT2D eigenvalue weighted by Gasteiger charge is -2.23. The summed E-state index contributed by atoms with van der Waals surface area (Å²) in [6, 6.07) is 13.2. The Labute approximate surface area is 221 Å². The van der Waals surface area contributed by atoms with E-state index in [9.17, 15) is 22.7 Å². The molecule has 9 heteroatoms. The van der Waals surface area contributed by atoms with Gasteiger partial charge in [0.2, 0.25) is 15.7 Å². The number of aryl methyl sites for hydroxylation is 2. The van der Waals surface area contributed by atoms with Crippen molar-refractivity contribution in [1.82, 2.24) is 14.5 Å². The third-order valence-corrected chi connectivity index (χ3v) is 8.40. The summed E-state index contributed by atoms with van der Waals surface area (Å²) in [6.07, 6.45) is 5.44. The first-order chi connectivity index (χ1) is 18.2. The van der Waals surface area contributed by atoms with E-state index in [1.165, 1.54) is 22.8 Å². The molecule has 4 rings (SSSR count). The van der Waals surface area contributed by atoms with Gasteiger partial charge in [0, 0.05) is 24.4 Å². The Morgan fingerprint density at radius 3 is 2.39 bits per heavy atom. The normalized spacial score (nSPS) is 12.4. The number of aromatic nitrogens is 3. The van der Waals surface area contributed by atoms with Crippen molar-refractivity contribution in [2.24, 2.45) is 0 Å². The summed E-state index contributed by atoms with van der Waals surface area (Å²) in [6.45, 7) is 5.65. The maximum Gasteiger partial charge on any atom is 0.277 e. The second kappa shape index (κ2) is 11.3. The molecule has 198 valence electrons. The Morgan fingerprint density at radius 1 is 1.05 bits per heavy atom. The fourth-order valence-electron chi connectivity index (χ4n) is 4.63. The average Bonchev–Trinajstić information content (AvgIpc) is 2.90. The molecule has 0 aliphatic carbocycles. The summed E-state index contributed by atoms with van der Waals surface area (Å²) < 4.78 is 43.4. The molecule has 0 radical (unpaired) electrons. The molecule has 0 spiro atoms. The largest absolute Gasteiger partial charge is 0.492 e. The number of halogens is 1. The van der Waals surface area contributed by atoms with Crippen LogP contribution in [-0.4, -0.2) is 28.1 Å². The first-order valence-electron chi connectivity index (χ1n) is 12.6. The number of sulfone groups is 1. The highest BCUT2D eigenvalue weighted by Crippen LogP contribution is 2.31. The van der Waals surface area contributed by atoms with Gasteiger partial charge in [0.1, 0.15) is 11.6 Å². The van der Waals surface area contributed by atoms with Gasteiger partial charge in [0.25, 0.3) is 5.56 Å². The summed E-state index contributed by atoms with van der Waals surface area (Å²) >= 11 is 0. The Bertz CT molecular complexity index is 1620. The summed E-state index contributed by atoms with van der Waals surface area (Å²) in [5.41, 5.74) is 1.93. The quantitative estimate of drug-likeness (QED) is 0.298. The van der Waals surface area contributed by atoms with E-state index in [2.05, 4.69) is 9.97 Å². The van der Waals surface area contributed by atoms with E-state index in [-0.39, 0.29) is 16.3 Å². The smallest absolute Gasteiger partial charge is 0.277 e. The fraction of sp³-hybridized carbons (Fsp3) is 0.276. The van der Waals surface area contributed by atoms with Gasteiger partial charge in [-0.3, -0.25) is 14.3 Å². The van der Waals surface area contributed by atoms with Gasteiger partial charge in [-0.05, 0) is 60.7 Å².